The van der Waals surface area contributed by atoms with Crippen molar-refractivity contribution in [2.45, 2.75) is 84.2 Å². The second-order valence-corrected chi connectivity index (χ2v) is 11.6. The largest absolute Gasteiger partial charge is 0.493 e. The van der Waals surface area contributed by atoms with Crippen molar-refractivity contribution in [2.24, 2.45) is 11.3 Å². The fraction of sp³-hybridized carbons (Fsp3) is 0.581. The van der Waals surface area contributed by atoms with Crippen LogP contribution in [0.2, 0.25) is 0 Å². The molecular formula is C31H38O5. The van der Waals surface area contributed by atoms with Crippen molar-refractivity contribution in [3.63, 3.8) is 0 Å². The molecule has 5 nitrogen and oxygen atoms in total. The fourth-order valence-electron chi connectivity index (χ4n) is 6.08. The van der Waals surface area contributed by atoms with Gasteiger partial charge in [0, 0.05) is 11.6 Å². The van der Waals surface area contributed by atoms with Crippen LogP contribution >= 0.6 is 0 Å². The number of rotatable bonds is 6. The Morgan fingerprint density at radius 3 is 2.42 bits per heavy atom. The molecular weight excluding hydrogens is 452 g/mol. The highest BCUT2D eigenvalue weighted by Gasteiger charge is 2.47. The fourth-order valence-corrected chi connectivity index (χ4v) is 6.08. The minimum Gasteiger partial charge on any atom is -0.493 e. The Bertz CT molecular complexity index is 1160. The predicted octanol–water partition coefficient (Wildman–Crippen LogP) is 6.65. The molecule has 2 saturated carbocycles. The number of ether oxygens (including phenoxy) is 3. The van der Waals surface area contributed by atoms with Gasteiger partial charge in [-0.25, -0.2) is 4.79 Å². The van der Waals surface area contributed by atoms with Gasteiger partial charge in [0.25, 0.3) is 0 Å². The molecule has 1 N–H and O–H groups in total. The number of hydrogen-bond acceptors (Lipinski definition) is 4. The van der Waals surface area contributed by atoms with Crippen LogP contribution in [-0.2, 0) is 16.0 Å². The minimum absolute atomic E-state index is 0.186. The van der Waals surface area contributed by atoms with Gasteiger partial charge in [0.2, 0.25) is 0 Å². The van der Waals surface area contributed by atoms with E-state index in [0.29, 0.717) is 24.7 Å². The molecule has 2 heterocycles. The van der Waals surface area contributed by atoms with Crippen molar-refractivity contribution in [3.8, 4) is 11.5 Å². The zero-order chi connectivity index (χ0) is 24.9. The van der Waals surface area contributed by atoms with E-state index in [1.165, 1.54) is 36.0 Å². The van der Waals surface area contributed by atoms with Crippen LogP contribution in [0.15, 0.2) is 40.5 Å². The van der Waals surface area contributed by atoms with Gasteiger partial charge in [0.05, 0.1) is 30.8 Å². The highest BCUT2D eigenvalue weighted by molar-refractivity contribution is 5.94. The number of aliphatic carboxylic acids is 1. The van der Waals surface area contributed by atoms with Gasteiger partial charge in [0.1, 0.15) is 17.6 Å². The van der Waals surface area contributed by atoms with Gasteiger partial charge in [-0.1, -0.05) is 19.4 Å². The SMILES string of the molecule is CCc1cc2c(cc1OCC1CC1)OC(C1(C)COC1)C1=C2CCCCC(=C2CCC2)/C(C(=O)O)=C\1. The molecule has 5 heteroatoms. The Morgan fingerprint density at radius 1 is 1.08 bits per heavy atom. The second kappa shape index (κ2) is 9.41. The number of aryl methyl sites for hydroxylation is 1. The molecule has 6 rings (SSSR count). The van der Waals surface area contributed by atoms with Crippen molar-refractivity contribution in [1.29, 1.82) is 0 Å². The average Bonchev–Trinajstić information content (AvgIpc) is 3.63. The summed E-state index contributed by atoms with van der Waals surface area (Å²) in [5.74, 6) is 1.67. The molecule has 36 heavy (non-hydrogen) atoms. The van der Waals surface area contributed by atoms with Crippen LogP contribution in [0.25, 0.3) is 5.57 Å². The zero-order valence-electron chi connectivity index (χ0n) is 21.7. The summed E-state index contributed by atoms with van der Waals surface area (Å²) in [7, 11) is 0. The highest BCUT2D eigenvalue weighted by atomic mass is 16.5. The van der Waals surface area contributed by atoms with Crippen LogP contribution in [0.3, 0.4) is 0 Å². The van der Waals surface area contributed by atoms with Crippen molar-refractivity contribution in [1.82, 2.24) is 0 Å². The number of fused-ring (bicyclic) bond motifs is 2. The normalized spacial score (nSPS) is 26.6. The summed E-state index contributed by atoms with van der Waals surface area (Å²) in [6.45, 7) is 6.38. The van der Waals surface area contributed by atoms with Gasteiger partial charge in [-0.15, -0.1) is 0 Å². The third-order valence-electron chi connectivity index (χ3n) is 8.76. The van der Waals surface area contributed by atoms with Crippen LogP contribution in [0.4, 0.5) is 0 Å². The third kappa shape index (κ3) is 4.30. The molecule has 192 valence electrons. The van der Waals surface area contributed by atoms with Gasteiger partial charge in [-0.3, -0.25) is 0 Å². The summed E-state index contributed by atoms with van der Waals surface area (Å²) < 4.78 is 18.7. The van der Waals surface area contributed by atoms with Crippen LogP contribution in [0, 0.1) is 11.3 Å². The maximum Gasteiger partial charge on any atom is 0.335 e. The molecule has 2 aliphatic heterocycles. The first-order chi connectivity index (χ1) is 17.5. The summed E-state index contributed by atoms with van der Waals surface area (Å²) in [5.41, 5.74) is 7.29. The van der Waals surface area contributed by atoms with Crippen molar-refractivity contribution < 1.29 is 24.1 Å². The second-order valence-electron chi connectivity index (χ2n) is 11.6. The molecule has 3 fully saturated rings. The van der Waals surface area contributed by atoms with Gasteiger partial charge in [-0.05, 0) is 105 Å². The summed E-state index contributed by atoms with van der Waals surface area (Å²) in [4.78, 5) is 12.6. The summed E-state index contributed by atoms with van der Waals surface area (Å²) in [5, 5.41) is 10.4. The van der Waals surface area contributed by atoms with Crippen molar-refractivity contribution >= 4 is 11.5 Å². The summed E-state index contributed by atoms with van der Waals surface area (Å²) in [6.07, 6.45) is 12.2. The number of carboxylic acid groups (broad SMARTS) is 1. The van der Waals surface area contributed by atoms with E-state index < -0.39 is 5.97 Å². The lowest BCUT2D eigenvalue weighted by Gasteiger charge is -2.47. The van der Waals surface area contributed by atoms with E-state index in [1.54, 1.807) is 0 Å². The number of hydrogen-bond donors (Lipinski definition) is 1. The first-order valence-corrected chi connectivity index (χ1v) is 13.9. The third-order valence-corrected chi connectivity index (χ3v) is 8.76. The maximum absolute atomic E-state index is 12.6. The standard InChI is InChI=1S/C31H38O5/c1-3-20-13-24-23-10-5-4-9-22(21-7-6-8-21)26(30(32)33)14-25(23)29(31(2)17-34-18-31)36-28(24)15-27(20)35-16-19-11-12-19/h13-15,19,29H,3-12,16-18H2,1-2H3,(H,32,33)/b26-14+. The van der Waals surface area contributed by atoms with E-state index in [-0.39, 0.29) is 11.5 Å². The average molecular weight is 491 g/mol. The molecule has 0 aromatic heterocycles. The molecule has 0 bridgehead atoms. The van der Waals surface area contributed by atoms with E-state index in [9.17, 15) is 9.90 Å². The van der Waals surface area contributed by atoms with E-state index in [2.05, 4.69) is 26.0 Å². The number of carboxylic acids is 1. The topological polar surface area (TPSA) is 65.0 Å². The maximum atomic E-state index is 12.6. The molecule has 0 amide bonds. The van der Waals surface area contributed by atoms with Gasteiger partial charge in [0.15, 0.2) is 0 Å². The molecule has 1 atom stereocenters. The van der Waals surface area contributed by atoms with Crippen LogP contribution < -0.4 is 9.47 Å². The van der Waals surface area contributed by atoms with Crippen molar-refractivity contribution in [2.75, 3.05) is 19.8 Å². The summed E-state index contributed by atoms with van der Waals surface area (Å²) >= 11 is 0. The van der Waals surface area contributed by atoms with E-state index >= 15 is 0 Å². The molecule has 3 aliphatic carbocycles. The van der Waals surface area contributed by atoms with E-state index in [1.807, 2.05) is 6.08 Å². The zero-order valence-corrected chi connectivity index (χ0v) is 21.7. The number of benzene rings is 1. The predicted molar refractivity (Wildman–Crippen MR) is 139 cm³/mol. The summed E-state index contributed by atoms with van der Waals surface area (Å²) in [6, 6.07) is 4.35. The van der Waals surface area contributed by atoms with Crippen LogP contribution in [0.5, 0.6) is 11.5 Å². The van der Waals surface area contributed by atoms with E-state index in [0.717, 1.165) is 79.8 Å². The Hall–Kier alpha value is -2.53. The van der Waals surface area contributed by atoms with Gasteiger partial charge < -0.3 is 19.3 Å². The van der Waals surface area contributed by atoms with Gasteiger partial charge >= 0.3 is 5.97 Å². The lowest BCUT2D eigenvalue weighted by atomic mass is 9.74. The smallest absolute Gasteiger partial charge is 0.335 e. The molecule has 0 spiro atoms. The quantitative estimate of drug-likeness (QED) is 0.483. The van der Waals surface area contributed by atoms with E-state index in [4.69, 9.17) is 14.2 Å². The molecule has 1 unspecified atom stereocenters. The monoisotopic (exact) mass is 490 g/mol. The van der Waals surface area contributed by atoms with Crippen LogP contribution in [0.1, 0.15) is 82.8 Å². The number of carbonyl (C=O) groups is 1. The van der Waals surface area contributed by atoms with Gasteiger partial charge in [-0.2, -0.15) is 0 Å². The lowest BCUT2D eigenvalue weighted by Crippen LogP contribution is -2.53. The molecule has 1 aromatic rings. The number of allylic oxidation sites excluding steroid dienone is 2. The lowest BCUT2D eigenvalue weighted by molar-refractivity contribution is -0.143. The Balaban J connectivity index is 1.51. The minimum atomic E-state index is -0.823. The Morgan fingerprint density at radius 2 is 1.83 bits per heavy atom. The first-order valence-electron chi connectivity index (χ1n) is 13.9. The Kier molecular flexibility index (Phi) is 6.23. The van der Waals surface area contributed by atoms with Crippen molar-refractivity contribution in [3.05, 3.63) is 51.6 Å². The molecule has 1 aromatic carbocycles. The molecule has 1 saturated heterocycles. The molecule has 0 radical (unpaired) electrons. The molecule has 5 aliphatic rings. The first kappa shape index (κ1) is 23.8. The van der Waals surface area contributed by atoms with Crippen LogP contribution in [-0.4, -0.2) is 37.0 Å². The Labute approximate surface area is 214 Å². The highest BCUT2D eigenvalue weighted by Crippen LogP contribution is 2.50.